The van der Waals surface area contributed by atoms with Crippen molar-refractivity contribution in [2.75, 3.05) is 13.2 Å². The second kappa shape index (κ2) is 17.7. The molecular formula is C42H46N2O10. The summed E-state index contributed by atoms with van der Waals surface area (Å²) in [5.74, 6) is -1.59. The lowest BCUT2D eigenvalue weighted by Gasteiger charge is -2.19. The summed E-state index contributed by atoms with van der Waals surface area (Å²) < 4.78 is 23.9. The first-order chi connectivity index (χ1) is 26.1. The van der Waals surface area contributed by atoms with Crippen molar-refractivity contribution < 1.29 is 38.1 Å². The molecule has 54 heavy (non-hydrogen) atoms. The number of Topliss-reactive ketones (excluding diaryl/α,β-unsaturated/α-hetero) is 2. The molecule has 0 amide bonds. The number of benzene rings is 4. The first-order valence-electron chi connectivity index (χ1n) is 18.6. The van der Waals surface area contributed by atoms with Crippen LogP contribution < -0.4 is 11.2 Å². The second-order valence-corrected chi connectivity index (χ2v) is 14.1. The Morgan fingerprint density at radius 1 is 0.778 bits per heavy atom. The molecule has 6 rings (SSSR count). The molecule has 2 heterocycles. The van der Waals surface area contributed by atoms with Gasteiger partial charge in [-0.3, -0.25) is 23.9 Å². The minimum absolute atomic E-state index is 0.00567. The molecule has 0 spiro atoms. The summed E-state index contributed by atoms with van der Waals surface area (Å²) in [5, 5.41) is 7.76. The van der Waals surface area contributed by atoms with Crippen LogP contribution >= 0.6 is 0 Å². The Morgan fingerprint density at radius 3 is 2.19 bits per heavy atom. The molecule has 1 saturated heterocycles. The van der Waals surface area contributed by atoms with Gasteiger partial charge in [0.15, 0.2) is 0 Å². The molecular weight excluding hydrogens is 692 g/mol. The molecule has 0 aliphatic carbocycles. The lowest BCUT2D eigenvalue weighted by molar-refractivity contribution is -0.159. The van der Waals surface area contributed by atoms with Crippen LogP contribution in [0.2, 0.25) is 0 Å². The summed E-state index contributed by atoms with van der Waals surface area (Å²) in [7, 11) is 0. The lowest BCUT2D eigenvalue weighted by atomic mass is 9.90. The largest absolute Gasteiger partial charge is 0.463 e. The van der Waals surface area contributed by atoms with E-state index in [9.17, 15) is 28.8 Å². The zero-order valence-corrected chi connectivity index (χ0v) is 30.7. The number of carbonyl (C=O) groups is 4. The van der Waals surface area contributed by atoms with Crippen molar-refractivity contribution in [3.63, 3.8) is 0 Å². The summed E-state index contributed by atoms with van der Waals surface area (Å²) in [6, 6.07) is 19.8. The Bertz CT molecular complexity index is 2240. The number of carbonyl (C=O) groups excluding carboxylic acids is 4. The standard InChI is InChI=1S/C42H46N2O10/c1-26(45)11-19-37(47)52-25-35-34(54-38(48)20-12-27(2)46)22-36(53-35)44-23-32(41(49)43-42(44)50)24-51-21-6-4-3-5-8-28-13-14-31-16-15-29-9-7-10-30-17-18-33(28)40(31)39(29)30/h7,9-10,13-18,23,34-36H,3-6,8,11-12,19-22,24-25H2,1-2H3,(H,43,49,50)/t34-,35?,36?/m0/s1. The zero-order chi connectivity index (χ0) is 38.2. The molecule has 2 unspecified atom stereocenters. The topological polar surface area (TPSA) is 160 Å². The predicted octanol–water partition coefficient (Wildman–Crippen LogP) is 6.23. The van der Waals surface area contributed by atoms with Crippen molar-refractivity contribution in [2.24, 2.45) is 0 Å². The van der Waals surface area contributed by atoms with Crippen molar-refractivity contribution in [1.82, 2.24) is 9.55 Å². The Labute approximate surface area is 312 Å². The van der Waals surface area contributed by atoms with Gasteiger partial charge in [-0.05, 0) is 71.0 Å². The van der Waals surface area contributed by atoms with E-state index >= 15 is 0 Å². The third-order valence-corrected chi connectivity index (χ3v) is 9.95. The summed E-state index contributed by atoms with van der Waals surface area (Å²) in [6.45, 7) is 2.86. The molecule has 1 aliphatic rings. The molecule has 12 nitrogen and oxygen atoms in total. The van der Waals surface area contributed by atoms with Gasteiger partial charge >= 0.3 is 17.6 Å². The Morgan fingerprint density at radius 2 is 1.44 bits per heavy atom. The number of unbranched alkanes of at least 4 members (excludes halogenated alkanes) is 3. The molecule has 1 aromatic heterocycles. The number of rotatable bonds is 19. The van der Waals surface area contributed by atoms with E-state index in [0.29, 0.717) is 6.61 Å². The first-order valence-corrected chi connectivity index (χ1v) is 18.6. The van der Waals surface area contributed by atoms with Crippen molar-refractivity contribution in [1.29, 1.82) is 0 Å². The molecule has 0 bridgehead atoms. The minimum Gasteiger partial charge on any atom is -0.463 e. The molecule has 0 saturated carbocycles. The van der Waals surface area contributed by atoms with E-state index in [1.165, 1.54) is 62.5 Å². The second-order valence-electron chi connectivity index (χ2n) is 14.1. The van der Waals surface area contributed by atoms with Gasteiger partial charge in [-0.15, -0.1) is 0 Å². The maximum Gasteiger partial charge on any atom is 0.330 e. The van der Waals surface area contributed by atoms with Crippen molar-refractivity contribution in [3.05, 3.63) is 92.8 Å². The van der Waals surface area contributed by atoms with Gasteiger partial charge in [-0.1, -0.05) is 67.4 Å². The number of hydrogen-bond donors (Lipinski definition) is 1. The van der Waals surface area contributed by atoms with Gasteiger partial charge in [-0.25, -0.2) is 4.79 Å². The van der Waals surface area contributed by atoms with Crippen molar-refractivity contribution in [3.8, 4) is 0 Å². The predicted molar refractivity (Wildman–Crippen MR) is 202 cm³/mol. The number of hydrogen-bond acceptors (Lipinski definition) is 10. The Hall–Kier alpha value is -5.20. The maximum absolute atomic E-state index is 12.9. The number of H-pyrrole nitrogens is 1. The SMILES string of the molecule is CC(=O)CCC(=O)OCC1OC(n2cc(COCCCCCCc3ccc4ccc5cccc6ccc3c4c56)c(=O)[nH]c2=O)C[C@@H]1OC(=O)CCC(C)=O. The van der Waals surface area contributed by atoms with E-state index in [-0.39, 0.29) is 62.4 Å². The highest BCUT2D eigenvalue weighted by atomic mass is 16.6. The van der Waals surface area contributed by atoms with E-state index in [0.717, 1.165) is 32.1 Å². The molecule has 284 valence electrons. The van der Waals surface area contributed by atoms with Crippen LogP contribution in [0.3, 0.4) is 0 Å². The molecule has 1 aliphatic heterocycles. The van der Waals surface area contributed by atoms with Gasteiger partial charge in [-0.2, -0.15) is 0 Å². The minimum atomic E-state index is -0.951. The van der Waals surface area contributed by atoms with Crippen LogP contribution in [-0.2, 0) is 51.2 Å². The fourth-order valence-corrected chi connectivity index (χ4v) is 7.09. The van der Waals surface area contributed by atoms with Gasteiger partial charge in [0.1, 0.15) is 36.6 Å². The fourth-order valence-electron chi connectivity index (χ4n) is 7.09. The molecule has 1 fully saturated rings. The number of nitrogens with one attached hydrogen (secondary N) is 1. The Kier molecular flexibility index (Phi) is 12.7. The van der Waals surface area contributed by atoms with E-state index in [1.54, 1.807) is 0 Å². The zero-order valence-electron chi connectivity index (χ0n) is 30.7. The fraction of sp³-hybridized carbons (Fsp3) is 0.429. The van der Waals surface area contributed by atoms with E-state index in [4.69, 9.17) is 18.9 Å². The number of aryl methyl sites for hydroxylation is 1. The van der Waals surface area contributed by atoms with Crippen LogP contribution in [0.15, 0.2) is 70.4 Å². The van der Waals surface area contributed by atoms with Crippen LogP contribution in [0, 0.1) is 0 Å². The number of ketones is 2. The first kappa shape index (κ1) is 38.5. The van der Waals surface area contributed by atoms with E-state index < -0.39 is 41.6 Å². The van der Waals surface area contributed by atoms with Gasteiger partial charge < -0.3 is 28.5 Å². The lowest BCUT2D eigenvalue weighted by Crippen LogP contribution is -2.34. The highest BCUT2D eigenvalue weighted by Crippen LogP contribution is 2.36. The number of ether oxygens (including phenoxy) is 4. The molecule has 1 N–H and O–H groups in total. The summed E-state index contributed by atoms with van der Waals surface area (Å²) in [4.78, 5) is 75.1. The number of esters is 2. The van der Waals surface area contributed by atoms with Crippen LogP contribution in [-0.4, -0.2) is 58.5 Å². The maximum atomic E-state index is 12.9. The quantitative estimate of drug-likeness (QED) is 0.0584. The molecule has 5 aromatic rings. The number of aromatic nitrogens is 2. The molecule has 12 heteroatoms. The van der Waals surface area contributed by atoms with Crippen LogP contribution in [0.4, 0.5) is 0 Å². The monoisotopic (exact) mass is 738 g/mol. The van der Waals surface area contributed by atoms with Crippen molar-refractivity contribution in [2.45, 2.75) is 103 Å². The average molecular weight is 739 g/mol. The smallest absolute Gasteiger partial charge is 0.330 e. The molecule has 0 radical (unpaired) electrons. The Balaban J connectivity index is 0.997. The van der Waals surface area contributed by atoms with Gasteiger partial charge in [0.25, 0.3) is 5.56 Å². The summed E-state index contributed by atoms with van der Waals surface area (Å²) >= 11 is 0. The van der Waals surface area contributed by atoms with Crippen LogP contribution in [0.25, 0.3) is 32.3 Å². The summed E-state index contributed by atoms with van der Waals surface area (Å²) in [5.41, 5.74) is 0.276. The van der Waals surface area contributed by atoms with Gasteiger partial charge in [0.2, 0.25) is 0 Å². The highest BCUT2D eigenvalue weighted by Gasteiger charge is 2.40. The van der Waals surface area contributed by atoms with Gasteiger partial charge in [0, 0.05) is 32.1 Å². The van der Waals surface area contributed by atoms with Crippen molar-refractivity contribution >= 4 is 55.8 Å². The average Bonchev–Trinajstić information content (AvgIpc) is 3.55. The van der Waals surface area contributed by atoms with Crippen LogP contribution in [0.1, 0.15) is 89.0 Å². The summed E-state index contributed by atoms with van der Waals surface area (Å²) in [6.07, 6.45) is 3.24. The molecule has 3 atom stereocenters. The van der Waals surface area contributed by atoms with E-state index in [1.807, 2.05) is 0 Å². The number of aromatic amines is 1. The van der Waals surface area contributed by atoms with Crippen LogP contribution in [0.5, 0.6) is 0 Å². The highest BCUT2D eigenvalue weighted by molar-refractivity contribution is 6.23. The van der Waals surface area contributed by atoms with Gasteiger partial charge in [0.05, 0.1) is 25.0 Å². The third kappa shape index (κ3) is 9.47. The normalized spacial score (nSPS) is 17.0. The molecule has 4 aromatic carbocycles. The third-order valence-electron chi connectivity index (χ3n) is 9.95. The number of nitrogens with zero attached hydrogens (tertiary/aromatic N) is 1. The van der Waals surface area contributed by atoms with E-state index in [2.05, 4.69) is 59.6 Å².